The fourth-order valence-corrected chi connectivity index (χ4v) is 3.12. The van der Waals surface area contributed by atoms with Crippen LogP contribution >= 0.6 is 0 Å². The summed E-state index contributed by atoms with van der Waals surface area (Å²) < 4.78 is 6.62. The van der Waals surface area contributed by atoms with Crippen molar-refractivity contribution in [3.05, 3.63) is 34.8 Å². The Morgan fingerprint density at radius 2 is 1.88 bits per heavy atom. The molecule has 134 valence electrons. The van der Waals surface area contributed by atoms with Gasteiger partial charge in [0.15, 0.2) is 5.58 Å². The Bertz CT molecular complexity index is 867. The van der Waals surface area contributed by atoms with Crippen molar-refractivity contribution in [1.82, 2.24) is 14.8 Å². The lowest BCUT2D eigenvalue weighted by molar-refractivity contribution is -0.131. The lowest BCUT2D eigenvalue weighted by atomic mass is 9.92. The molecule has 1 aromatic carbocycles. The Morgan fingerprint density at radius 3 is 2.60 bits per heavy atom. The third-order valence-electron chi connectivity index (χ3n) is 4.69. The number of fused-ring (bicyclic) bond motifs is 1. The molecular weight excluding hydrogens is 322 g/mol. The lowest BCUT2D eigenvalue weighted by Crippen LogP contribution is -2.44. The maximum absolute atomic E-state index is 12.7. The van der Waals surface area contributed by atoms with Crippen LogP contribution < -0.4 is 11.1 Å². The van der Waals surface area contributed by atoms with Gasteiger partial charge in [-0.3, -0.25) is 14.3 Å². The molecule has 1 aliphatic rings. The van der Waals surface area contributed by atoms with Crippen LogP contribution in [0.1, 0.15) is 33.6 Å². The Balaban J connectivity index is 1.75. The second-order valence-corrected chi connectivity index (χ2v) is 7.14. The monoisotopic (exact) mass is 345 g/mol. The molecule has 25 heavy (non-hydrogen) atoms. The molecule has 1 N–H and O–H groups in total. The molecule has 7 heteroatoms. The topological polar surface area (TPSA) is 84.6 Å². The standard InChI is InChI=1S/C18H23N3O4/c1-12(2)8-9-18(3)15(22)21(16(23)19-18)11-10-20-13-6-4-5-7-14(13)25-17(20)24/h4-7,12H,8-11H2,1-3H3,(H,19,23)/t18-/m1/s1. The number of carbonyl (C=O) groups excluding carboxylic acids is 2. The van der Waals surface area contributed by atoms with Gasteiger partial charge in [0.05, 0.1) is 5.52 Å². The van der Waals surface area contributed by atoms with E-state index in [-0.39, 0.29) is 19.0 Å². The molecule has 2 aromatic rings. The number of imide groups is 1. The summed E-state index contributed by atoms with van der Waals surface area (Å²) in [6, 6.07) is 6.68. The molecule has 0 spiro atoms. The first kappa shape index (κ1) is 17.3. The van der Waals surface area contributed by atoms with E-state index in [0.29, 0.717) is 23.4 Å². The van der Waals surface area contributed by atoms with Crippen molar-refractivity contribution in [3.63, 3.8) is 0 Å². The number of para-hydroxylation sites is 2. The number of hydrogen-bond donors (Lipinski definition) is 1. The summed E-state index contributed by atoms with van der Waals surface area (Å²) >= 11 is 0. The van der Waals surface area contributed by atoms with E-state index in [2.05, 4.69) is 19.2 Å². The van der Waals surface area contributed by atoms with Gasteiger partial charge in [-0.05, 0) is 37.8 Å². The van der Waals surface area contributed by atoms with Gasteiger partial charge in [0.1, 0.15) is 5.54 Å². The second kappa shape index (κ2) is 6.38. The normalized spacial score (nSPS) is 20.7. The van der Waals surface area contributed by atoms with Crippen LogP contribution in [0.5, 0.6) is 0 Å². The molecule has 1 aromatic heterocycles. The molecule has 1 atom stereocenters. The van der Waals surface area contributed by atoms with Crippen molar-refractivity contribution in [1.29, 1.82) is 0 Å². The predicted octanol–water partition coefficient (Wildman–Crippen LogP) is 2.34. The van der Waals surface area contributed by atoms with E-state index in [4.69, 9.17) is 4.42 Å². The molecule has 7 nitrogen and oxygen atoms in total. The molecule has 1 aliphatic heterocycles. The number of urea groups is 1. The summed E-state index contributed by atoms with van der Waals surface area (Å²) in [5, 5.41) is 2.79. The summed E-state index contributed by atoms with van der Waals surface area (Å²) in [4.78, 5) is 38.1. The first-order chi connectivity index (χ1) is 11.8. The minimum atomic E-state index is -0.870. The number of oxazole rings is 1. The summed E-state index contributed by atoms with van der Waals surface area (Å²) in [5.74, 6) is -0.277. The molecule has 3 amide bonds. The van der Waals surface area contributed by atoms with Gasteiger partial charge in [-0.1, -0.05) is 26.0 Å². The molecule has 0 aliphatic carbocycles. The average Bonchev–Trinajstić information content (AvgIpc) is 2.98. The van der Waals surface area contributed by atoms with E-state index in [0.717, 1.165) is 6.42 Å². The van der Waals surface area contributed by atoms with Crippen LogP contribution in [0.15, 0.2) is 33.5 Å². The van der Waals surface area contributed by atoms with Crippen LogP contribution in [0.4, 0.5) is 4.79 Å². The van der Waals surface area contributed by atoms with Gasteiger partial charge in [-0.15, -0.1) is 0 Å². The second-order valence-electron chi connectivity index (χ2n) is 7.14. The highest BCUT2D eigenvalue weighted by Crippen LogP contribution is 2.24. The first-order valence-electron chi connectivity index (χ1n) is 8.54. The van der Waals surface area contributed by atoms with Crippen LogP contribution in [-0.2, 0) is 11.3 Å². The highest BCUT2D eigenvalue weighted by atomic mass is 16.4. The number of benzene rings is 1. The average molecular weight is 345 g/mol. The third kappa shape index (κ3) is 3.18. The van der Waals surface area contributed by atoms with E-state index >= 15 is 0 Å². The molecule has 0 saturated carbocycles. The number of carbonyl (C=O) groups is 2. The lowest BCUT2D eigenvalue weighted by Gasteiger charge is -2.22. The Labute approximate surface area is 145 Å². The van der Waals surface area contributed by atoms with Crippen LogP contribution in [0.2, 0.25) is 0 Å². The van der Waals surface area contributed by atoms with Gasteiger partial charge in [-0.25, -0.2) is 9.59 Å². The van der Waals surface area contributed by atoms with Crippen molar-refractivity contribution in [2.24, 2.45) is 5.92 Å². The Kier molecular flexibility index (Phi) is 4.41. The first-order valence-corrected chi connectivity index (χ1v) is 8.54. The number of amides is 3. The zero-order valence-electron chi connectivity index (χ0n) is 14.7. The molecule has 2 heterocycles. The van der Waals surface area contributed by atoms with Crippen molar-refractivity contribution in [2.75, 3.05) is 6.54 Å². The summed E-state index contributed by atoms with van der Waals surface area (Å²) in [6.45, 7) is 6.26. The highest BCUT2D eigenvalue weighted by Gasteiger charge is 2.47. The van der Waals surface area contributed by atoms with Gasteiger partial charge in [0, 0.05) is 13.1 Å². The van der Waals surface area contributed by atoms with Crippen molar-refractivity contribution in [3.8, 4) is 0 Å². The van der Waals surface area contributed by atoms with Gasteiger partial charge in [0.25, 0.3) is 5.91 Å². The van der Waals surface area contributed by atoms with E-state index in [9.17, 15) is 14.4 Å². The summed E-state index contributed by atoms with van der Waals surface area (Å²) in [5.41, 5.74) is 0.277. The fraction of sp³-hybridized carbons (Fsp3) is 0.500. The summed E-state index contributed by atoms with van der Waals surface area (Å²) in [6.07, 6.45) is 1.45. The molecule has 0 unspecified atom stereocenters. The SMILES string of the molecule is CC(C)CC[C@@]1(C)NC(=O)N(CCn2c(=O)oc3ccccc32)C1=O. The molecule has 0 bridgehead atoms. The van der Waals surface area contributed by atoms with Gasteiger partial charge in [-0.2, -0.15) is 0 Å². The largest absolute Gasteiger partial charge is 0.420 e. The van der Waals surface area contributed by atoms with E-state index in [1.54, 1.807) is 25.1 Å². The van der Waals surface area contributed by atoms with E-state index in [1.165, 1.54) is 9.47 Å². The van der Waals surface area contributed by atoms with Crippen LogP contribution in [0.25, 0.3) is 11.1 Å². The van der Waals surface area contributed by atoms with Crippen molar-refractivity contribution >= 4 is 23.0 Å². The van der Waals surface area contributed by atoms with Crippen LogP contribution in [0.3, 0.4) is 0 Å². The third-order valence-corrected chi connectivity index (χ3v) is 4.69. The smallest absolute Gasteiger partial charge is 0.408 e. The number of nitrogens with one attached hydrogen (secondary N) is 1. The Morgan fingerprint density at radius 1 is 1.16 bits per heavy atom. The number of hydrogen-bond acceptors (Lipinski definition) is 4. The number of nitrogens with zero attached hydrogens (tertiary/aromatic N) is 2. The van der Waals surface area contributed by atoms with E-state index < -0.39 is 17.3 Å². The van der Waals surface area contributed by atoms with Gasteiger partial charge < -0.3 is 9.73 Å². The molecule has 0 radical (unpaired) electrons. The maximum atomic E-state index is 12.7. The predicted molar refractivity (Wildman–Crippen MR) is 93.2 cm³/mol. The van der Waals surface area contributed by atoms with Gasteiger partial charge >= 0.3 is 11.8 Å². The number of rotatable bonds is 6. The fourth-order valence-electron chi connectivity index (χ4n) is 3.12. The molecule has 1 saturated heterocycles. The molecular formula is C18H23N3O4. The molecule has 1 fully saturated rings. The van der Waals surface area contributed by atoms with E-state index in [1.807, 2.05) is 6.07 Å². The van der Waals surface area contributed by atoms with Crippen LogP contribution in [-0.4, -0.2) is 33.5 Å². The highest BCUT2D eigenvalue weighted by molar-refractivity contribution is 6.06. The molecule has 3 rings (SSSR count). The Hall–Kier alpha value is -2.57. The zero-order valence-corrected chi connectivity index (χ0v) is 14.7. The zero-order chi connectivity index (χ0) is 18.2. The minimum absolute atomic E-state index is 0.130. The summed E-state index contributed by atoms with van der Waals surface area (Å²) in [7, 11) is 0. The van der Waals surface area contributed by atoms with Crippen molar-refractivity contribution in [2.45, 2.75) is 45.7 Å². The quantitative estimate of drug-likeness (QED) is 0.815. The van der Waals surface area contributed by atoms with Crippen LogP contribution in [0, 0.1) is 5.92 Å². The van der Waals surface area contributed by atoms with Crippen molar-refractivity contribution < 1.29 is 14.0 Å². The minimum Gasteiger partial charge on any atom is -0.408 e. The maximum Gasteiger partial charge on any atom is 0.420 e. The number of aromatic nitrogens is 1. The van der Waals surface area contributed by atoms with Gasteiger partial charge in [0.2, 0.25) is 0 Å².